The van der Waals surface area contributed by atoms with E-state index in [1.54, 1.807) is 6.07 Å². The monoisotopic (exact) mass is 328 g/mol. The van der Waals surface area contributed by atoms with E-state index in [0.29, 0.717) is 11.5 Å². The Morgan fingerprint density at radius 3 is 2.88 bits per heavy atom. The zero-order valence-corrected chi connectivity index (χ0v) is 12.7. The first-order chi connectivity index (χ1) is 11.6. The van der Waals surface area contributed by atoms with Crippen LogP contribution in [0.3, 0.4) is 0 Å². The molecule has 2 aromatic rings. The first-order valence-corrected chi connectivity index (χ1v) is 7.51. The fourth-order valence-electron chi connectivity index (χ4n) is 2.36. The standard InChI is InChI=1S/C16H16N4O4/c21-14-7-6-12(18-16(23)19-14)15(22)17-9-11-8-13(24-20-11)10-4-2-1-3-5-10/h1-5,8,12H,6-7,9H2,(H,17,22)(H2,18,19,21,23). The molecule has 2 heterocycles. The van der Waals surface area contributed by atoms with Crippen molar-refractivity contribution >= 4 is 17.8 Å². The third kappa shape index (κ3) is 3.78. The molecule has 24 heavy (non-hydrogen) atoms. The lowest BCUT2D eigenvalue weighted by Crippen LogP contribution is -2.48. The van der Waals surface area contributed by atoms with E-state index in [1.165, 1.54) is 0 Å². The lowest BCUT2D eigenvalue weighted by atomic mass is 10.1. The summed E-state index contributed by atoms with van der Waals surface area (Å²) in [5.41, 5.74) is 1.46. The minimum Gasteiger partial charge on any atom is -0.356 e. The van der Waals surface area contributed by atoms with Gasteiger partial charge >= 0.3 is 6.03 Å². The van der Waals surface area contributed by atoms with Crippen LogP contribution < -0.4 is 16.0 Å². The molecule has 1 aliphatic rings. The maximum absolute atomic E-state index is 12.1. The van der Waals surface area contributed by atoms with Gasteiger partial charge in [-0.25, -0.2) is 4.79 Å². The fourth-order valence-corrected chi connectivity index (χ4v) is 2.36. The maximum atomic E-state index is 12.1. The molecule has 1 fully saturated rings. The van der Waals surface area contributed by atoms with Crippen LogP contribution >= 0.6 is 0 Å². The fraction of sp³-hybridized carbons (Fsp3) is 0.250. The number of hydrogen-bond acceptors (Lipinski definition) is 5. The van der Waals surface area contributed by atoms with Gasteiger partial charge in [0.15, 0.2) is 5.76 Å². The molecular formula is C16H16N4O4. The van der Waals surface area contributed by atoms with E-state index in [0.717, 1.165) is 5.56 Å². The number of hydrogen-bond donors (Lipinski definition) is 3. The van der Waals surface area contributed by atoms with Crippen molar-refractivity contribution < 1.29 is 18.9 Å². The Balaban J connectivity index is 1.57. The summed E-state index contributed by atoms with van der Waals surface area (Å²) in [6.07, 6.45) is 0.358. The molecule has 4 amide bonds. The van der Waals surface area contributed by atoms with Gasteiger partial charge in [0.25, 0.3) is 0 Å². The largest absolute Gasteiger partial charge is 0.356 e. The van der Waals surface area contributed by atoms with E-state index in [-0.39, 0.29) is 25.3 Å². The van der Waals surface area contributed by atoms with Crippen molar-refractivity contribution in [2.45, 2.75) is 25.4 Å². The number of urea groups is 1. The molecular weight excluding hydrogens is 312 g/mol. The first-order valence-electron chi connectivity index (χ1n) is 7.51. The molecule has 3 N–H and O–H groups in total. The van der Waals surface area contributed by atoms with Crippen LogP contribution in [0.25, 0.3) is 11.3 Å². The van der Waals surface area contributed by atoms with Crippen molar-refractivity contribution in [1.82, 2.24) is 21.1 Å². The Bertz CT molecular complexity index is 756. The Morgan fingerprint density at radius 1 is 1.29 bits per heavy atom. The highest BCUT2D eigenvalue weighted by Crippen LogP contribution is 2.19. The summed E-state index contributed by atoms with van der Waals surface area (Å²) in [5.74, 6) is -0.159. The number of aromatic nitrogens is 1. The van der Waals surface area contributed by atoms with Gasteiger partial charge in [0.2, 0.25) is 11.8 Å². The molecule has 0 aliphatic carbocycles. The highest BCUT2D eigenvalue weighted by atomic mass is 16.5. The molecule has 0 bridgehead atoms. The van der Waals surface area contributed by atoms with Crippen LogP contribution in [-0.4, -0.2) is 29.0 Å². The molecule has 0 radical (unpaired) electrons. The van der Waals surface area contributed by atoms with Gasteiger partial charge in [0, 0.05) is 18.1 Å². The van der Waals surface area contributed by atoms with Crippen molar-refractivity contribution in [3.8, 4) is 11.3 Å². The van der Waals surface area contributed by atoms with Gasteiger partial charge in [0.05, 0.1) is 6.54 Å². The number of imide groups is 1. The van der Waals surface area contributed by atoms with E-state index in [1.807, 2.05) is 30.3 Å². The summed E-state index contributed by atoms with van der Waals surface area (Å²) in [5, 5.41) is 11.2. The van der Waals surface area contributed by atoms with E-state index in [4.69, 9.17) is 4.52 Å². The highest BCUT2D eigenvalue weighted by Gasteiger charge is 2.26. The third-order valence-electron chi connectivity index (χ3n) is 3.60. The Morgan fingerprint density at radius 2 is 2.08 bits per heavy atom. The lowest BCUT2D eigenvalue weighted by Gasteiger charge is -2.13. The molecule has 124 valence electrons. The molecule has 0 saturated carbocycles. The lowest BCUT2D eigenvalue weighted by molar-refractivity contribution is -0.123. The van der Waals surface area contributed by atoms with Crippen molar-refractivity contribution in [3.05, 3.63) is 42.1 Å². The molecule has 1 aromatic carbocycles. The second-order valence-electron chi connectivity index (χ2n) is 5.38. The number of carbonyl (C=O) groups is 3. The average molecular weight is 328 g/mol. The Labute approximate surface area is 137 Å². The van der Waals surface area contributed by atoms with Gasteiger partial charge < -0.3 is 15.2 Å². The second-order valence-corrected chi connectivity index (χ2v) is 5.38. The second kappa shape index (κ2) is 6.95. The van der Waals surface area contributed by atoms with E-state index in [2.05, 4.69) is 21.1 Å². The topological polar surface area (TPSA) is 113 Å². The number of rotatable bonds is 4. The van der Waals surface area contributed by atoms with Crippen LogP contribution in [0.5, 0.6) is 0 Å². The van der Waals surface area contributed by atoms with E-state index >= 15 is 0 Å². The van der Waals surface area contributed by atoms with Gasteiger partial charge in [-0.15, -0.1) is 0 Å². The Kier molecular flexibility index (Phi) is 4.55. The summed E-state index contributed by atoms with van der Waals surface area (Å²) in [4.78, 5) is 34.8. The zero-order chi connectivity index (χ0) is 16.9. The van der Waals surface area contributed by atoms with Crippen molar-refractivity contribution in [2.24, 2.45) is 0 Å². The Hall–Kier alpha value is -3.16. The minimum atomic E-state index is -0.753. The molecule has 1 unspecified atom stereocenters. The predicted molar refractivity (Wildman–Crippen MR) is 83.5 cm³/mol. The maximum Gasteiger partial charge on any atom is 0.322 e. The number of nitrogens with zero attached hydrogens (tertiary/aromatic N) is 1. The van der Waals surface area contributed by atoms with Gasteiger partial charge in [0.1, 0.15) is 11.7 Å². The molecule has 1 aromatic heterocycles. The highest BCUT2D eigenvalue weighted by molar-refractivity contribution is 5.98. The minimum absolute atomic E-state index is 0.110. The van der Waals surface area contributed by atoms with Crippen LogP contribution in [0.2, 0.25) is 0 Å². The van der Waals surface area contributed by atoms with Crippen LogP contribution in [0.4, 0.5) is 4.79 Å². The molecule has 1 aliphatic heterocycles. The van der Waals surface area contributed by atoms with Crippen LogP contribution in [0, 0.1) is 0 Å². The first kappa shape index (κ1) is 15.7. The quantitative estimate of drug-likeness (QED) is 0.773. The van der Waals surface area contributed by atoms with Gasteiger partial charge in [-0.2, -0.15) is 0 Å². The molecule has 3 rings (SSSR count). The summed E-state index contributed by atoms with van der Waals surface area (Å²) in [7, 11) is 0. The summed E-state index contributed by atoms with van der Waals surface area (Å²) >= 11 is 0. The molecule has 8 heteroatoms. The normalized spacial score (nSPS) is 17.6. The van der Waals surface area contributed by atoms with Crippen molar-refractivity contribution in [3.63, 3.8) is 0 Å². The smallest absolute Gasteiger partial charge is 0.322 e. The zero-order valence-electron chi connectivity index (χ0n) is 12.7. The summed E-state index contributed by atoms with van der Waals surface area (Å²) in [6.45, 7) is 0.170. The average Bonchev–Trinajstić information content (AvgIpc) is 2.99. The molecule has 1 atom stereocenters. The summed E-state index contributed by atoms with van der Waals surface area (Å²) < 4.78 is 5.25. The van der Waals surface area contributed by atoms with Crippen LogP contribution in [-0.2, 0) is 16.1 Å². The van der Waals surface area contributed by atoms with E-state index in [9.17, 15) is 14.4 Å². The van der Waals surface area contributed by atoms with Crippen molar-refractivity contribution in [2.75, 3.05) is 0 Å². The summed E-state index contributed by atoms with van der Waals surface area (Å²) in [6, 6.07) is 9.81. The van der Waals surface area contributed by atoms with Gasteiger partial charge in [-0.05, 0) is 6.42 Å². The van der Waals surface area contributed by atoms with E-state index < -0.39 is 18.0 Å². The molecule has 1 saturated heterocycles. The van der Waals surface area contributed by atoms with Gasteiger partial charge in [-0.1, -0.05) is 35.5 Å². The SMILES string of the molecule is O=C1CCC(C(=O)NCc2cc(-c3ccccc3)on2)NC(=O)N1. The number of nitrogens with one attached hydrogen (secondary N) is 3. The number of amides is 4. The third-order valence-corrected chi connectivity index (χ3v) is 3.60. The van der Waals surface area contributed by atoms with Gasteiger partial charge in [-0.3, -0.25) is 14.9 Å². The van der Waals surface area contributed by atoms with Crippen molar-refractivity contribution in [1.29, 1.82) is 0 Å². The molecule has 8 nitrogen and oxygen atoms in total. The van der Waals surface area contributed by atoms with Crippen LogP contribution in [0.1, 0.15) is 18.5 Å². The number of carbonyl (C=O) groups excluding carboxylic acids is 3. The predicted octanol–water partition coefficient (Wildman–Crippen LogP) is 0.946. The molecule has 0 spiro atoms. The van der Waals surface area contributed by atoms with Crippen LogP contribution in [0.15, 0.2) is 40.9 Å². The number of benzene rings is 1.